The van der Waals surface area contributed by atoms with Gasteiger partial charge in [0.2, 0.25) is 0 Å². The lowest BCUT2D eigenvalue weighted by atomic mass is 9.88. The fraction of sp³-hybridized carbons (Fsp3) is 0.836. The van der Waals surface area contributed by atoms with Gasteiger partial charge in [-0.3, -0.25) is 9.59 Å². The highest BCUT2D eigenvalue weighted by atomic mass is 28.4. The number of cyclic esters (lactones) is 1. The first-order valence-electron chi connectivity index (χ1n) is 28.0. The molecule has 410 valence electrons. The monoisotopic (exact) mass is 1050 g/mol. The lowest BCUT2D eigenvalue weighted by Gasteiger charge is -2.40. The van der Waals surface area contributed by atoms with E-state index in [1.807, 2.05) is 32.9 Å². The number of nitrogens with one attached hydrogen (secondary N) is 1. The maximum atomic E-state index is 14.2. The van der Waals surface area contributed by atoms with E-state index >= 15 is 0 Å². The van der Waals surface area contributed by atoms with Crippen LogP contribution in [0, 0.1) is 11.8 Å². The first-order chi connectivity index (χ1) is 33.6. The Morgan fingerprint density at radius 2 is 1.56 bits per heavy atom. The third kappa shape index (κ3) is 18.0. The summed E-state index contributed by atoms with van der Waals surface area (Å²) >= 11 is 0. The number of methoxy groups -OCH3 is 1. The van der Waals surface area contributed by atoms with E-state index < -0.39 is 66.5 Å². The standard InChI is InChI=1S/C55H102N2O11Si3/c1-17-46(67-70(21-5,22-6)23-7)43(13)52-47(63-52)39-54(14,68-71(24-8,25-9)26-10)34-27-28-41(11)51-42(12)29-31-48(64-53(61)57-37-36-56-44(40-57)30-32-49(58)59)55(15,62-16)35-33-45(38-50(60)65-51)66-69(18-2,19-3)20-4/h27-29,31,34,42-48,51-52,56H,17-26,30,32-33,35-40H2,1-16H3,(H,58,59)/b31-29-,34-27+,41-28+/t42-,43+,44?,45+,46-,47+,48-,51+,52+,54-,55+/m0/s1. The molecule has 1 unspecified atom stereocenters. The number of allylic oxidation sites excluding steroid dienone is 2. The molecular weight excluding hydrogens is 949 g/mol. The molecule has 71 heavy (non-hydrogen) atoms. The number of carbonyl (C=O) groups is 3. The van der Waals surface area contributed by atoms with Gasteiger partial charge in [-0.1, -0.05) is 107 Å². The second-order valence-corrected chi connectivity index (χ2v) is 35.8. The van der Waals surface area contributed by atoms with Crippen molar-refractivity contribution in [3.8, 4) is 0 Å². The average Bonchev–Trinajstić information content (AvgIpc) is 4.14. The van der Waals surface area contributed by atoms with Crippen molar-refractivity contribution >= 4 is 43.0 Å². The van der Waals surface area contributed by atoms with Crippen molar-refractivity contribution in [2.24, 2.45) is 11.8 Å². The van der Waals surface area contributed by atoms with E-state index in [2.05, 4.69) is 107 Å². The van der Waals surface area contributed by atoms with Crippen LogP contribution in [0.3, 0.4) is 0 Å². The van der Waals surface area contributed by atoms with Crippen molar-refractivity contribution in [1.29, 1.82) is 0 Å². The molecule has 0 aliphatic carbocycles. The van der Waals surface area contributed by atoms with Crippen LogP contribution in [0.4, 0.5) is 4.79 Å². The molecule has 16 heteroatoms. The summed E-state index contributed by atoms with van der Waals surface area (Å²) in [6.07, 6.45) is 11.4. The topological polar surface area (TPSA) is 155 Å². The van der Waals surface area contributed by atoms with Crippen LogP contribution in [0.15, 0.2) is 36.0 Å². The molecule has 2 N–H and O–H groups in total. The minimum atomic E-state index is -2.16. The zero-order valence-corrected chi connectivity index (χ0v) is 50.5. The Morgan fingerprint density at radius 1 is 0.958 bits per heavy atom. The molecule has 13 nitrogen and oxygen atoms in total. The molecule has 0 radical (unpaired) electrons. The Morgan fingerprint density at radius 3 is 2.11 bits per heavy atom. The highest BCUT2D eigenvalue weighted by molar-refractivity contribution is 6.74. The van der Waals surface area contributed by atoms with Crippen molar-refractivity contribution in [3.05, 3.63) is 36.0 Å². The number of carboxylic acids is 1. The number of rotatable bonds is 28. The van der Waals surface area contributed by atoms with Gasteiger partial charge in [0, 0.05) is 63.6 Å². The highest BCUT2D eigenvalue weighted by Crippen LogP contribution is 2.43. The smallest absolute Gasteiger partial charge is 0.410 e. The van der Waals surface area contributed by atoms with Gasteiger partial charge < -0.3 is 47.5 Å². The lowest BCUT2D eigenvalue weighted by Crippen LogP contribution is -2.54. The van der Waals surface area contributed by atoms with Crippen LogP contribution < -0.4 is 5.32 Å². The SMILES string of the molecule is CC[C@H](O[Si](CC)(CC)CC)[C@@H](C)[C@H]1O[C@@H]1C[C@](C)(/C=C/C=C(\C)[C@H]1OC(=O)C[C@H](O[Si](CC)(CC)CC)CC[C@@](C)(OC)[C@@H](OC(=O)N2CCNC(CCC(=O)O)C2)/C=C\[C@@H]1C)O[Si](CC)(CC)CC. The molecule has 3 rings (SSSR count). The third-order valence-corrected chi connectivity index (χ3v) is 31.4. The Kier molecular flexibility index (Phi) is 26.0. The number of amides is 1. The van der Waals surface area contributed by atoms with Gasteiger partial charge in [-0.2, -0.15) is 0 Å². The normalized spacial score (nSPS) is 28.6. The Bertz CT molecular complexity index is 1710. The van der Waals surface area contributed by atoms with Crippen LogP contribution in [0.25, 0.3) is 0 Å². The number of epoxide rings is 1. The summed E-state index contributed by atoms with van der Waals surface area (Å²) in [5, 5.41) is 12.7. The summed E-state index contributed by atoms with van der Waals surface area (Å²) in [6, 6.07) is 9.11. The van der Waals surface area contributed by atoms with Crippen molar-refractivity contribution in [2.75, 3.05) is 26.7 Å². The Balaban J connectivity index is 2.04. The van der Waals surface area contributed by atoms with Gasteiger partial charge in [-0.15, -0.1) is 0 Å². The second-order valence-electron chi connectivity index (χ2n) is 21.7. The van der Waals surface area contributed by atoms with Gasteiger partial charge in [0.25, 0.3) is 0 Å². The fourth-order valence-electron chi connectivity index (χ4n) is 11.1. The number of nitrogens with zero attached hydrogens (tertiary/aromatic N) is 1. The number of aliphatic carboxylic acids is 1. The molecule has 0 aromatic rings. The quantitative estimate of drug-likeness (QED) is 0.0252. The molecule has 11 atom stereocenters. The zero-order chi connectivity index (χ0) is 53.2. The van der Waals surface area contributed by atoms with Gasteiger partial charge in [-0.25, -0.2) is 4.79 Å². The van der Waals surface area contributed by atoms with E-state index in [0.717, 1.165) is 72.8 Å². The molecule has 3 aliphatic heterocycles. The van der Waals surface area contributed by atoms with Crippen LogP contribution in [-0.4, -0.2) is 134 Å². The van der Waals surface area contributed by atoms with Crippen molar-refractivity contribution < 1.29 is 51.7 Å². The summed E-state index contributed by atoms with van der Waals surface area (Å²) in [5.74, 6) is -1.21. The van der Waals surface area contributed by atoms with Gasteiger partial charge in [0.15, 0.2) is 31.1 Å². The van der Waals surface area contributed by atoms with Crippen LogP contribution >= 0.6 is 0 Å². The first-order valence-corrected chi connectivity index (χ1v) is 35.6. The largest absolute Gasteiger partial charge is 0.481 e. The van der Waals surface area contributed by atoms with Gasteiger partial charge in [-0.05, 0) is 113 Å². The number of ether oxygens (including phenoxy) is 4. The van der Waals surface area contributed by atoms with E-state index in [1.54, 1.807) is 12.0 Å². The molecule has 0 saturated carbocycles. The van der Waals surface area contributed by atoms with Gasteiger partial charge >= 0.3 is 18.0 Å². The number of esters is 1. The Hall–Kier alpha value is -2.16. The summed E-state index contributed by atoms with van der Waals surface area (Å²) in [5.41, 5.74) is -0.669. The minimum absolute atomic E-state index is 0.0123. The van der Waals surface area contributed by atoms with E-state index in [-0.39, 0.29) is 55.0 Å². The molecule has 2 fully saturated rings. The first kappa shape index (κ1) is 63.1. The second kappa shape index (κ2) is 29.2. The van der Waals surface area contributed by atoms with Crippen molar-refractivity contribution in [3.63, 3.8) is 0 Å². The number of carboxylic acid groups (broad SMARTS) is 1. The zero-order valence-electron chi connectivity index (χ0n) is 47.5. The number of piperazine rings is 1. The summed E-state index contributed by atoms with van der Waals surface area (Å²) < 4.78 is 47.2. The molecule has 0 aromatic carbocycles. The molecule has 2 saturated heterocycles. The molecule has 3 heterocycles. The van der Waals surface area contributed by atoms with Crippen molar-refractivity contribution in [1.82, 2.24) is 10.2 Å². The summed E-state index contributed by atoms with van der Waals surface area (Å²) in [7, 11) is -4.39. The third-order valence-electron chi connectivity index (χ3n) is 17.3. The van der Waals surface area contributed by atoms with Gasteiger partial charge in [0.1, 0.15) is 11.7 Å². The minimum Gasteiger partial charge on any atom is -0.481 e. The number of carbonyl (C=O) groups excluding carboxylic acids is 2. The van der Waals surface area contributed by atoms with Gasteiger partial charge in [0.05, 0.1) is 30.3 Å². The molecule has 0 bridgehead atoms. The van der Waals surface area contributed by atoms with E-state index in [9.17, 15) is 19.5 Å². The summed E-state index contributed by atoms with van der Waals surface area (Å²) in [4.78, 5) is 41.2. The van der Waals surface area contributed by atoms with Crippen LogP contribution in [0.2, 0.25) is 54.4 Å². The molecule has 1 amide bonds. The highest BCUT2D eigenvalue weighted by Gasteiger charge is 2.51. The van der Waals surface area contributed by atoms with E-state index in [1.165, 1.54) is 0 Å². The molecule has 3 aliphatic rings. The average molecular weight is 1050 g/mol. The number of hydrogen-bond acceptors (Lipinski definition) is 11. The predicted molar refractivity (Wildman–Crippen MR) is 294 cm³/mol. The Labute approximate surface area is 434 Å². The molecule has 0 aromatic heterocycles. The molecular formula is C55H102N2O11Si3. The van der Waals surface area contributed by atoms with E-state index in [0.29, 0.717) is 38.9 Å². The lowest BCUT2D eigenvalue weighted by molar-refractivity contribution is -0.151. The van der Waals surface area contributed by atoms with E-state index in [4.69, 9.17) is 32.2 Å². The van der Waals surface area contributed by atoms with Crippen LogP contribution in [0.1, 0.15) is 149 Å². The predicted octanol–water partition coefficient (Wildman–Crippen LogP) is 12.6. The molecule has 0 spiro atoms. The van der Waals surface area contributed by atoms with Crippen LogP contribution in [-0.2, 0) is 41.8 Å². The summed E-state index contributed by atoms with van der Waals surface area (Å²) in [6.45, 7) is 34.3. The van der Waals surface area contributed by atoms with Crippen molar-refractivity contribution in [2.45, 2.75) is 257 Å². The maximum Gasteiger partial charge on any atom is 0.410 e. The maximum absolute atomic E-state index is 14.2. The van der Waals surface area contributed by atoms with Crippen LogP contribution in [0.5, 0.6) is 0 Å². The fourth-order valence-corrected chi connectivity index (χ4v) is 20.2. The number of hydrogen-bond donors (Lipinski definition) is 2.